The summed E-state index contributed by atoms with van der Waals surface area (Å²) in [6.07, 6.45) is 1.39. The Kier molecular flexibility index (Phi) is 8.23. The molecule has 0 aliphatic heterocycles. The Bertz CT molecular complexity index is 1260. The van der Waals surface area contributed by atoms with Crippen LogP contribution in [-0.2, 0) is 19.6 Å². The number of hydrazone groups is 1. The second kappa shape index (κ2) is 11.3. The molecule has 3 aromatic rings. The van der Waals surface area contributed by atoms with Crippen molar-refractivity contribution >= 4 is 45.3 Å². The quantitative estimate of drug-likeness (QED) is 0.326. The third-order valence-corrected chi connectivity index (χ3v) is 6.44. The van der Waals surface area contributed by atoms with Gasteiger partial charge in [-0.15, -0.1) is 0 Å². The number of hydrogen-bond acceptors (Lipinski definition) is 6. The van der Waals surface area contributed by atoms with Crippen LogP contribution in [0.4, 0.5) is 5.69 Å². The largest absolute Gasteiger partial charge is 0.484 e. The summed E-state index contributed by atoms with van der Waals surface area (Å²) in [6.45, 7) is -0.730. The molecule has 0 saturated carbocycles. The van der Waals surface area contributed by atoms with Crippen LogP contribution in [0.5, 0.6) is 5.75 Å². The third-order valence-electron chi connectivity index (χ3n) is 4.40. The first-order chi connectivity index (χ1) is 16.3. The molecule has 0 aliphatic rings. The van der Waals surface area contributed by atoms with Gasteiger partial charge in [0.2, 0.25) is 0 Å². The number of para-hydroxylation sites is 1. The topological polar surface area (TPSA) is 131 Å². The molecule has 0 saturated heterocycles. The van der Waals surface area contributed by atoms with Crippen LogP contribution >= 0.6 is 11.6 Å². The number of nitrogens with two attached hydrogens (primary N) is 1. The van der Waals surface area contributed by atoms with Crippen molar-refractivity contribution in [2.45, 2.75) is 4.90 Å². The highest BCUT2D eigenvalue weighted by molar-refractivity contribution is 7.92. The van der Waals surface area contributed by atoms with Crippen LogP contribution in [0.25, 0.3) is 0 Å². The Balaban J connectivity index is 1.70. The molecule has 0 radical (unpaired) electrons. The molecule has 3 N–H and O–H groups in total. The summed E-state index contributed by atoms with van der Waals surface area (Å²) in [6, 6.07) is 20.5. The maximum absolute atomic E-state index is 13.2. The molecule has 0 aromatic heterocycles. The van der Waals surface area contributed by atoms with Gasteiger partial charge in [0.1, 0.15) is 12.3 Å². The van der Waals surface area contributed by atoms with Gasteiger partial charge < -0.3 is 10.5 Å². The van der Waals surface area contributed by atoms with E-state index in [1.54, 1.807) is 54.6 Å². The second-order valence-corrected chi connectivity index (χ2v) is 9.22. The van der Waals surface area contributed by atoms with E-state index in [0.717, 1.165) is 4.31 Å². The van der Waals surface area contributed by atoms with E-state index in [4.69, 9.17) is 22.1 Å². The standard InChI is InChI=1S/C23H21ClN4O5S/c24-18-8-12-21(13-9-18)34(31,32)28(19-4-2-1-3-5-19)15-23(30)27-26-14-17-6-10-20(11-7-17)33-16-22(25)29/h1-14H,15-16H2,(H2,25,29)(H,27,30)/b26-14-. The zero-order chi connectivity index (χ0) is 24.6. The van der Waals surface area contributed by atoms with E-state index in [-0.39, 0.29) is 11.5 Å². The van der Waals surface area contributed by atoms with Crippen LogP contribution in [0.1, 0.15) is 5.56 Å². The Morgan fingerprint density at radius 3 is 2.26 bits per heavy atom. The van der Waals surface area contributed by atoms with E-state index in [2.05, 4.69) is 10.5 Å². The number of carbonyl (C=O) groups is 2. The van der Waals surface area contributed by atoms with Crippen molar-refractivity contribution < 1.29 is 22.7 Å². The fraction of sp³-hybridized carbons (Fsp3) is 0.0870. The van der Waals surface area contributed by atoms with Gasteiger partial charge in [0.05, 0.1) is 16.8 Å². The molecule has 0 unspecified atom stereocenters. The van der Waals surface area contributed by atoms with Crippen molar-refractivity contribution in [2.75, 3.05) is 17.5 Å². The summed E-state index contributed by atoms with van der Waals surface area (Å²) in [5.41, 5.74) is 8.32. The predicted octanol–water partition coefficient (Wildman–Crippen LogP) is 2.55. The smallest absolute Gasteiger partial charge is 0.264 e. The molecule has 3 aromatic carbocycles. The molecule has 11 heteroatoms. The van der Waals surface area contributed by atoms with Crippen LogP contribution in [-0.4, -0.2) is 39.6 Å². The molecule has 0 aliphatic carbocycles. The lowest BCUT2D eigenvalue weighted by Crippen LogP contribution is -2.39. The number of anilines is 1. The number of rotatable bonds is 10. The molecule has 0 bridgehead atoms. The highest BCUT2D eigenvalue weighted by Gasteiger charge is 2.27. The van der Waals surface area contributed by atoms with Gasteiger partial charge in [-0.05, 0) is 66.2 Å². The minimum atomic E-state index is -4.04. The summed E-state index contributed by atoms with van der Waals surface area (Å²) >= 11 is 5.87. The van der Waals surface area contributed by atoms with Gasteiger partial charge in [-0.1, -0.05) is 29.8 Å². The van der Waals surface area contributed by atoms with Crippen molar-refractivity contribution in [3.8, 4) is 5.75 Å². The molecular weight excluding hydrogens is 480 g/mol. The Labute approximate surface area is 201 Å². The van der Waals surface area contributed by atoms with E-state index < -0.39 is 28.4 Å². The van der Waals surface area contributed by atoms with E-state index >= 15 is 0 Å². The second-order valence-electron chi connectivity index (χ2n) is 6.92. The molecule has 0 heterocycles. The van der Waals surface area contributed by atoms with Crippen LogP contribution in [0.2, 0.25) is 5.02 Å². The summed E-state index contributed by atoms with van der Waals surface area (Å²) in [4.78, 5) is 23.3. The average molecular weight is 501 g/mol. The number of hydrogen-bond donors (Lipinski definition) is 2. The molecule has 2 amide bonds. The van der Waals surface area contributed by atoms with Gasteiger partial charge in [0, 0.05) is 5.02 Å². The number of halogens is 1. The molecule has 0 atom stereocenters. The Hall–Kier alpha value is -3.89. The van der Waals surface area contributed by atoms with Gasteiger partial charge in [0.25, 0.3) is 21.8 Å². The Morgan fingerprint density at radius 2 is 1.65 bits per heavy atom. The molecule has 176 valence electrons. The number of nitrogens with zero attached hydrogens (tertiary/aromatic N) is 2. The van der Waals surface area contributed by atoms with Crippen LogP contribution in [0.15, 0.2) is 88.9 Å². The SMILES string of the molecule is NC(=O)COc1ccc(/C=N\NC(=O)CN(c2ccccc2)S(=O)(=O)c2ccc(Cl)cc2)cc1. The minimum absolute atomic E-state index is 0.00398. The van der Waals surface area contributed by atoms with Crippen molar-refractivity contribution in [2.24, 2.45) is 10.8 Å². The first kappa shape index (κ1) is 24.7. The number of amides is 2. The maximum Gasteiger partial charge on any atom is 0.264 e. The zero-order valence-corrected chi connectivity index (χ0v) is 19.4. The van der Waals surface area contributed by atoms with Crippen LogP contribution in [0.3, 0.4) is 0 Å². The fourth-order valence-corrected chi connectivity index (χ4v) is 4.34. The predicted molar refractivity (Wildman–Crippen MR) is 129 cm³/mol. The average Bonchev–Trinajstić information content (AvgIpc) is 2.83. The summed E-state index contributed by atoms with van der Waals surface area (Å²) in [5.74, 6) is -0.777. The normalized spacial score (nSPS) is 11.2. The van der Waals surface area contributed by atoms with Crippen LogP contribution in [0, 0.1) is 0 Å². The number of nitrogens with one attached hydrogen (secondary N) is 1. The first-order valence-electron chi connectivity index (χ1n) is 9.92. The highest BCUT2D eigenvalue weighted by atomic mass is 35.5. The third kappa shape index (κ3) is 6.80. The van der Waals surface area contributed by atoms with E-state index in [9.17, 15) is 18.0 Å². The summed E-state index contributed by atoms with van der Waals surface area (Å²) in [7, 11) is -4.04. The molecule has 9 nitrogen and oxygen atoms in total. The Morgan fingerprint density at radius 1 is 1.00 bits per heavy atom. The maximum atomic E-state index is 13.2. The molecule has 3 rings (SSSR count). The van der Waals surface area contributed by atoms with Crippen LogP contribution < -0.4 is 20.2 Å². The zero-order valence-electron chi connectivity index (χ0n) is 17.8. The van der Waals surface area contributed by atoms with E-state index in [0.29, 0.717) is 22.0 Å². The van der Waals surface area contributed by atoms with Gasteiger partial charge >= 0.3 is 0 Å². The number of ether oxygens (including phenoxy) is 1. The minimum Gasteiger partial charge on any atom is -0.484 e. The number of benzene rings is 3. The van der Waals surface area contributed by atoms with Crippen molar-refractivity contribution in [3.05, 3.63) is 89.4 Å². The monoisotopic (exact) mass is 500 g/mol. The van der Waals surface area contributed by atoms with Crippen molar-refractivity contribution in [3.63, 3.8) is 0 Å². The van der Waals surface area contributed by atoms with E-state index in [1.165, 1.54) is 30.5 Å². The van der Waals surface area contributed by atoms with E-state index in [1.807, 2.05) is 0 Å². The highest BCUT2D eigenvalue weighted by Crippen LogP contribution is 2.24. The van der Waals surface area contributed by atoms with Crippen molar-refractivity contribution in [1.82, 2.24) is 5.43 Å². The van der Waals surface area contributed by atoms with Gasteiger partial charge in [-0.2, -0.15) is 5.10 Å². The number of carbonyl (C=O) groups excluding carboxylic acids is 2. The van der Waals surface area contributed by atoms with Crippen molar-refractivity contribution in [1.29, 1.82) is 0 Å². The lowest BCUT2D eigenvalue weighted by molar-refractivity contribution is -0.120. The lowest BCUT2D eigenvalue weighted by atomic mass is 10.2. The summed E-state index contributed by atoms with van der Waals surface area (Å²) < 4.78 is 32.6. The molecule has 34 heavy (non-hydrogen) atoms. The molecular formula is C23H21ClN4O5S. The fourth-order valence-electron chi connectivity index (χ4n) is 2.79. The molecule has 0 spiro atoms. The van der Waals surface area contributed by atoms with Gasteiger partial charge in [-0.25, -0.2) is 13.8 Å². The first-order valence-corrected chi connectivity index (χ1v) is 11.7. The molecule has 0 fully saturated rings. The van der Waals surface area contributed by atoms with Gasteiger partial charge in [-0.3, -0.25) is 13.9 Å². The number of primary amides is 1. The summed E-state index contributed by atoms with van der Waals surface area (Å²) in [5, 5.41) is 4.27. The lowest BCUT2D eigenvalue weighted by Gasteiger charge is -2.23. The number of sulfonamides is 1. The van der Waals surface area contributed by atoms with Gasteiger partial charge in [0.15, 0.2) is 6.61 Å².